The molecule has 2 aromatic heterocycles. The van der Waals surface area contributed by atoms with Gasteiger partial charge in [0.1, 0.15) is 5.69 Å². The summed E-state index contributed by atoms with van der Waals surface area (Å²) in [6, 6.07) is 5.47. The SMILES string of the molecule is CCOc1cc(CNC(=O)c2cc3c(cn2)NCNC3)ccn1. The lowest BCUT2D eigenvalue weighted by Crippen LogP contribution is -2.29. The van der Waals surface area contributed by atoms with Crippen LogP contribution < -0.4 is 20.7 Å². The van der Waals surface area contributed by atoms with Gasteiger partial charge in [-0.1, -0.05) is 0 Å². The normalized spacial score (nSPS) is 12.9. The topological polar surface area (TPSA) is 88.2 Å². The monoisotopic (exact) mass is 313 g/mol. The summed E-state index contributed by atoms with van der Waals surface area (Å²) in [4.78, 5) is 20.6. The number of nitrogens with zero attached hydrogens (tertiary/aromatic N) is 2. The van der Waals surface area contributed by atoms with E-state index in [1.807, 2.05) is 25.1 Å². The third-order valence-electron chi connectivity index (χ3n) is 3.49. The fourth-order valence-corrected chi connectivity index (χ4v) is 2.34. The van der Waals surface area contributed by atoms with Gasteiger partial charge in [0.25, 0.3) is 5.91 Å². The molecule has 0 aromatic carbocycles. The average Bonchev–Trinajstić information content (AvgIpc) is 2.60. The Morgan fingerprint density at radius 3 is 3.17 bits per heavy atom. The zero-order valence-corrected chi connectivity index (χ0v) is 12.9. The van der Waals surface area contributed by atoms with Crippen molar-refractivity contribution in [3.63, 3.8) is 0 Å². The number of nitrogens with one attached hydrogen (secondary N) is 3. The van der Waals surface area contributed by atoms with Gasteiger partial charge in [0.05, 0.1) is 25.2 Å². The van der Waals surface area contributed by atoms with Crippen LogP contribution in [0.5, 0.6) is 5.88 Å². The summed E-state index contributed by atoms with van der Waals surface area (Å²) < 4.78 is 5.35. The molecule has 0 saturated carbocycles. The maximum Gasteiger partial charge on any atom is 0.270 e. The van der Waals surface area contributed by atoms with Crippen LogP contribution in [0.25, 0.3) is 0 Å². The number of carbonyl (C=O) groups is 1. The third kappa shape index (κ3) is 3.75. The highest BCUT2D eigenvalue weighted by atomic mass is 16.5. The molecule has 120 valence electrons. The van der Waals surface area contributed by atoms with Gasteiger partial charge >= 0.3 is 0 Å². The first-order valence-corrected chi connectivity index (χ1v) is 7.55. The van der Waals surface area contributed by atoms with Gasteiger partial charge in [-0.2, -0.15) is 0 Å². The van der Waals surface area contributed by atoms with Crippen molar-refractivity contribution in [3.05, 3.63) is 47.4 Å². The van der Waals surface area contributed by atoms with Crippen molar-refractivity contribution in [2.75, 3.05) is 18.6 Å². The van der Waals surface area contributed by atoms with E-state index >= 15 is 0 Å². The zero-order valence-electron chi connectivity index (χ0n) is 12.9. The minimum Gasteiger partial charge on any atom is -0.478 e. The van der Waals surface area contributed by atoms with Crippen molar-refractivity contribution in [1.82, 2.24) is 20.6 Å². The quantitative estimate of drug-likeness (QED) is 0.770. The molecule has 7 heteroatoms. The van der Waals surface area contributed by atoms with Gasteiger partial charge in [-0.25, -0.2) is 9.97 Å². The number of anilines is 1. The van der Waals surface area contributed by atoms with Crippen LogP contribution in [0.1, 0.15) is 28.5 Å². The van der Waals surface area contributed by atoms with Crippen molar-refractivity contribution in [1.29, 1.82) is 0 Å². The molecule has 1 amide bonds. The van der Waals surface area contributed by atoms with E-state index in [1.165, 1.54) is 0 Å². The average molecular weight is 313 g/mol. The fourth-order valence-electron chi connectivity index (χ4n) is 2.34. The van der Waals surface area contributed by atoms with E-state index in [9.17, 15) is 4.79 Å². The maximum absolute atomic E-state index is 12.3. The molecular weight excluding hydrogens is 294 g/mol. The van der Waals surface area contributed by atoms with Crippen molar-refractivity contribution in [2.45, 2.75) is 20.0 Å². The number of rotatable bonds is 5. The van der Waals surface area contributed by atoms with Gasteiger partial charge in [-0.3, -0.25) is 10.1 Å². The van der Waals surface area contributed by atoms with Crippen LogP contribution in [0.2, 0.25) is 0 Å². The number of ether oxygens (including phenoxy) is 1. The number of hydrogen-bond acceptors (Lipinski definition) is 6. The smallest absolute Gasteiger partial charge is 0.270 e. The van der Waals surface area contributed by atoms with Gasteiger partial charge in [0.2, 0.25) is 5.88 Å². The molecule has 2 aromatic rings. The van der Waals surface area contributed by atoms with Crippen LogP contribution in [0.3, 0.4) is 0 Å². The van der Waals surface area contributed by atoms with E-state index in [1.54, 1.807) is 12.4 Å². The molecule has 23 heavy (non-hydrogen) atoms. The van der Waals surface area contributed by atoms with Gasteiger partial charge in [0.15, 0.2) is 0 Å². The van der Waals surface area contributed by atoms with Gasteiger partial charge in [-0.15, -0.1) is 0 Å². The second-order valence-electron chi connectivity index (χ2n) is 5.13. The second kappa shape index (κ2) is 7.06. The molecule has 0 unspecified atom stereocenters. The van der Waals surface area contributed by atoms with E-state index in [4.69, 9.17) is 4.74 Å². The summed E-state index contributed by atoms with van der Waals surface area (Å²) in [6.45, 7) is 4.31. The Kier molecular flexibility index (Phi) is 4.68. The number of aromatic nitrogens is 2. The molecule has 0 saturated heterocycles. The molecule has 0 spiro atoms. The Morgan fingerprint density at radius 1 is 1.39 bits per heavy atom. The van der Waals surface area contributed by atoms with Gasteiger partial charge < -0.3 is 15.4 Å². The number of amides is 1. The Morgan fingerprint density at radius 2 is 2.30 bits per heavy atom. The van der Waals surface area contributed by atoms with Gasteiger partial charge in [-0.05, 0) is 30.2 Å². The standard InChI is InChI=1S/C16H19N5O2/c1-2-23-15-5-11(3-4-18-15)7-20-16(22)13-6-12-8-17-10-21-14(12)9-19-13/h3-6,9,17,21H,2,7-8,10H2,1H3,(H,20,22). The van der Waals surface area contributed by atoms with E-state index in [0.717, 1.165) is 23.4 Å². The highest BCUT2D eigenvalue weighted by Crippen LogP contribution is 2.17. The molecule has 0 atom stereocenters. The highest BCUT2D eigenvalue weighted by molar-refractivity contribution is 5.92. The third-order valence-corrected chi connectivity index (χ3v) is 3.49. The Labute approximate surface area is 134 Å². The number of carbonyl (C=O) groups excluding carboxylic acids is 1. The van der Waals surface area contributed by atoms with Crippen LogP contribution in [0.15, 0.2) is 30.6 Å². The lowest BCUT2D eigenvalue weighted by molar-refractivity contribution is 0.0945. The first kappa shape index (κ1) is 15.2. The molecular formula is C16H19N5O2. The maximum atomic E-state index is 12.3. The molecule has 3 N–H and O–H groups in total. The minimum absolute atomic E-state index is 0.201. The first-order chi connectivity index (χ1) is 11.3. The Hall–Kier alpha value is -2.67. The number of fused-ring (bicyclic) bond motifs is 1. The van der Waals surface area contributed by atoms with E-state index < -0.39 is 0 Å². The van der Waals surface area contributed by atoms with E-state index in [0.29, 0.717) is 31.4 Å². The highest BCUT2D eigenvalue weighted by Gasteiger charge is 2.13. The molecule has 0 fully saturated rings. The molecule has 0 aliphatic carbocycles. The summed E-state index contributed by atoms with van der Waals surface area (Å²) in [6.07, 6.45) is 3.37. The number of hydrogen-bond donors (Lipinski definition) is 3. The lowest BCUT2D eigenvalue weighted by atomic mass is 10.1. The largest absolute Gasteiger partial charge is 0.478 e. The van der Waals surface area contributed by atoms with Crippen LogP contribution in [0.4, 0.5) is 5.69 Å². The van der Waals surface area contributed by atoms with Crippen molar-refractivity contribution >= 4 is 11.6 Å². The molecule has 3 heterocycles. The van der Waals surface area contributed by atoms with E-state index in [-0.39, 0.29) is 5.91 Å². The van der Waals surface area contributed by atoms with Crippen molar-refractivity contribution < 1.29 is 9.53 Å². The molecule has 7 nitrogen and oxygen atoms in total. The number of pyridine rings is 2. The molecule has 0 radical (unpaired) electrons. The minimum atomic E-state index is -0.201. The van der Waals surface area contributed by atoms with Gasteiger partial charge in [0, 0.05) is 25.4 Å². The second-order valence-corrected chi connectivity index (χ2v) is 5.13. The Bertz CT molecular complexity index is 705. The summed E-state index contributed by atoms with van der Waals surface area (Å²) in [5, 5.41) is 9.24. The predicted octanol–water partition coefficient (Wildman–Crippen LogP) is 1.28. The zero-order chi connectivity index (χ0) is 16.1. The lowest BCUT2D eigenvalue weighted by Gasteiger charge is -2.19. The summed E-state index contributed by atoms with van der Waals surface area (Å²) in [5.74, 6) is 0.358. The molecule has 0 bridgehead atoms. The van der Waals surface area contributed by atoms with E-state index in [2.05, 4.69) is 25.9 Å². The van der Waals surface area contributed by atoms with Crippen molar-refractivity contribution in [2.24, 2.45) is 0 Å². The summed E-state index contributed by atoms with van der Waals surface area (Å²) >= 11 is 0. The predicted molar refractivity (Wildman–Crippen MR) is 86.1 cm³/mol. The van der Waals surface area contributed by atoms with Crippen molar-refractivity contribution in [3.8, 4) is 5.88 Å². The van der Waals surface area contributed by atoms with Crippen LogP contribution in [-0.2, 0) is 13.1 Å². The molecule has 1 aliphatic rings. The molecule has 1 aliphatic heterocycles. The van der Waals surface area contributed by atoms with Crippen LogP contribution in [-0.4, -0.2) is 29.2 Å². The first-order valence-electron chi connectivity index (χ1n) is 7.55. The Balaban J connectivity index is 1.64. The summed E-state index contributed by atoms with van der Waals surface area (Å²) in [5.41, 5.74) is 3.35. The summed E-state index contributed by atoms with van der Waals surface area (Å²) in [7, 11) is 0. The van der Waals surface area contributed by atoms with Crippen LogP contribution in [0, 0.1) is 0 Å². The van der Waals surface area contributed by atoms with Crippen LogP contribution >= 0.6 is 0 Å². The molecule has 3 rings (SSSR count). The fraction of sp³-hybridized carbons (Fsp3) is 0.312.